The van der Waals surface area contributed by atoms with E-state index in [4.69, 9.17) is 9.15 Å². The van der Waals surface area contributed by atoms with Crippen molar-refractivity contribution >= 4 is 17.2 Å². The lowest BCUT2D eigenvalue weighted by atomic mass is 10.1. The first-order valence-electron chi connectivity index (χ1n) is 7.24. The van der Waals surface area contributed by atoms with E-state index < -0.39 is 0 Å². The molecule has 0 aliphatic heterocycles. The first-order chi connectivity index (χ1) is 11.3. The standard InChI is InChI=1S/C18H17NO3S/c1-21-15-6-2-5-14(11-15)18(20)19(12-16-7-3-9-22-16)13-17-8-4-10-23-17/h2-11H,12-13H2,1H3. The van der Waals surface area contributed by atoms with Crippen LogP contribution in [0.15, 0.2) is 64.6 Å². The number of furan rings is 1. The Morgan fingerprint density at radius 1 is 1.17 bits per heavy atom. The van der Waals surface area contributed by atoms with Gasteiger partial charge in [0.1, 0.15) is 11.5 Å². The van der Waals surface area contributed by atoms with Crippen molar-refractivity contribution in [3.8, 4) is 5.75 Å². The molecule has 1 aromatic carbocycles. The normalized spacial score (nSPS) is 10.5. The number of benzene rings is 1. The summed E-state index contributed by atoms with van der Waals surface area (Å²) in [5.74, 6) is 1.39. The molecule has 4 nitrogen and oxygen atoms in total. The van der Waals surface area contributed by atoms with E-state index in [-0.39, 0.29) is 5.91 Å². The van der Waals surface area contributed by atoms with Crippen LogP contribution < -0.4 is 4.74 Å². The molecule has 5 heteroatoms. The minimum atomic E-state index is -0.0475. The lowest BCUT2D eigenvalue weighted by molar-refractivity contribution is 0.0719. The van der Waals surface area contributed by atoms with Crippen LogP contribution in [0.4, 0.5) is 0 Å². The maximum Gasteiger partial charge on any atom is 0.254 e. The van der Waals surface area contributed by atoms with Gasteiger partial charge in [0, 0.05) is 10.4 Å². The molecule has 1 amide bonds. The molecule has 0 fully saturated rings. The van der Waals surface area contributed by atoms with Crippen LogP contribution in [0.25, 0.3) is 0 Å². The second kappa shape index (κ2) is 7.15. The Morgan fingerprint density at radius 3 is 2.78 bits per heavy atom. The number of carbonyl (C=O) groups is 1. The maximum atomic E-state index is 12.9. The van der Waals surface area contributed by atoms with Gasteiger partial charge in [-0.25, -0.2) is 0 Å². The Kier molecular flexibility index (Phi) is 4.78. The van der Waals surface area contributed by atoms with Gasteiger partial charge >= 0.3 is 0 Å². The van der Waals surface area contributed by atoms with Crippen molar-refractivity contribution in [1.82, 2.24) is 4.90 Å². The zero-order chi connectivity index (χ0) is 16.1. The van der Waals surface area contributed by atoms with Crippen LogP contribution in [0.3, 0.4) is 0 Å². The molecule has 2 aromatic heterocycles. The predicted molar refractivity (Wildman–Crippen MR) is 89.6 cm³/mol. The molecule has 118 valence electrons. The zero-order valence-electron chi connectivity index (χ0n) is 12.8. The second-order valence-electron chi connectivity index (χ2n) is 5.05. The second-order valence-corrected chi connectivity index (χ2v) is 6.08. The fourth-order valence-electron chi connectivity index (χ4n) is 2.32. The molecule has 0 bridgehead atoms. The number of hydrogen-bond acceptors (Lipinski definition) is 4. The average molecular weight is 327 g/mol. The summed E-state index contributed by atoms with van der Waals surface area (Å²) in [4.78, 5) is 15.8. The summed E-state index contributed by atoms with van der Waals surface area (Å²) in [6, 6.07) is 14.9. The molecular weight excluding hydrogens is 310 g/mol. The van der Waals surface area contributed by atoms with Gasteiger partial charge in [0.25, 0.3) is 5.91 Å². The summed E-state index contributed by atoms with van der Waals surface area (Å²) in [6.07, 6.45) is 1.62. The van der Waals surface area contributed by atoms with Crippen molar-refractivity contribution < 1.29 is 13.9 Å². The van der Waals surface area contributed by atoms with E-state index in [0.717, 1.165) is 10.6 Å². The highest BCUT2D eigenvalue weighted by atomic mass is 32.1. The fourth-order valence-corrected chi connectivity index (χ4v) is 3.04. The summed E-state index contributed by atoms with van der Waals surface area (Å²) in [5.41, 5.74) is 0.604. The third-order valence-corrected chi connectivity index (χ3v) is 4.32. The number of methoxy groups -OCH3 is 1. The van der Waals surface area contributed by atoms with Crippen LogP contribution >= 0.6 is 11.3 Å². The van der Waals surface area contributed by atoms with E-state index in [2.05, 4.69) is 0 Å². The average Bonchev–Trinajstić information content (AvgIpc) is 3.27. The third-order valence-electron chi connectivity index (χ3n) is 3.46. The van der Waals surface area contributed by atoms with Gasteiger partial charge in [0.05, 0.1) is 26.5 Å². The Bertz CT molecular complexity index is 714. The number of nitrogens with zero attached hydrogens (tertiary/aromatic N) is 1. The first kappa shape index (κ1) is 15.4. The van der Waals surface area contributed by atoms with Gasteiger partial charge in [-0.1, -0.05) is 12.1 Å². The maximum absolute atomic E-state index is 12.9. The van der Waals surface area contributed by atoms with Crippen molar-refractivity contribution in [2.75, 3.05) is 7.11 Å². The minimum absolute atomic E-state index is 0.0475. The molecule has 0 atom stereocenters. The molecule has 23 heavy (non-hydrogen) atoms. The van der Waals surface area contributed by atoms with Crippen LogP contribution in [-0.4, -0.2) is 17.9 Å². The number of thiophene rings is 1. The highest BCUT2D eigenvalue weighted by Crippen LogP contribution is 2.19. The summed E-state index contributed by atoms with van der Waals surface area (Å²) >= 11 is 1.63. The summed E-state index contributed by atoms with van der Waals surface area (Å²) in [7, 11) is 1.59. The molecule has 0 N–H and O–H groups in total. The van der Waals surface area contributed by atoms with E-state index in [9.17, 15) is 4.79 Å². The van der Waals surface area contributed by atoms with Gasteiger partial charge in [0.2, 0.25) is 0 Å². The van der Waals surface area contributed by atoms with Gasteiger partial charge in [-0.15, -0.1) is 11.3 Å². The van der Waals surface area contributed by atoms with Crippen LogP contribution in [0.1, 0.15) is 21.0 Å². The highest BCUT2D eigenvalue weighted by Gasteiger charge is 2.18. The largest absolute Gasteiger partial charge is 0.497 e. The molecule has 0 spiro atoms. The molecule has 3 rings (SSSR count). The quantitative estimate of drug-likeness (QED) is 0.682. The van der Waals surface area contributed by atoms with E-state index in [0.29, 0.717) is 24.4 Å². The number of rotatable bonds is 6. The van der Waals surface area contributed by atoms with Crippen molar-refractivity contribution in [2.24, 2.45) is 0 Å². The molecule has 3 aromatic rings. The Balaban J connectivity index is 1.84. The molecule has 0 saturated carbocycles. The minimum Gasteiger partial charge on any atom is -0.497 e. The molecule has 0 saturated heterocycles. The summed E-state index contributed by atoms with van der Waals surface area (Å²) in [6.45, 7) is 0.982. The van der Waals surface area contributed by atoms with E-state index in [1.807, 2.05) is 41.8 Å². The van der Waals surface area contributed by atoms with Crippen molar-refractivity contribution in [3.63, 3.8) is 0 Å². The zero-order valence-corrected chi connectivity index (χ0v) is 13.6. The molecule has 2 heterocycles. The Morgan fingerprint density at radius 2 is 2.09 bits per heavy atom. The van der Waals surface area contributed by atoms with Gasteiger partial charge in [-0.3, -0.25) is 4.79 Å². The number of amides is 1. The van der Waals surface area contributed by atoms with Crippen molar-refractivity contribution in [2.45, 2.75) is 13.1 Å². The van der Waals surface area contributed by atoms with Crippen LogP contribution in [0, 0.1) is 0 Å². The Labute approximate surface area is 138 Å². The number of ether oxygens (including phenoxy) is 1. The number of hydrogen-bond donors (Lipinski definition) is 0. The molecule has 0 unspecified atom stereocenters. The highest BCUT2D eigenvalue weighted by molar-refractivity contribution is 7.09. The van der Waals surface area contributed by atoms with E-state index >= 15 is 0 Å². The van der Waals surface area contributed by atoms with Crippen molar-refractivity contribution in [3.05, 3.63) is 76.4 Å². The number of carbonyl (C=O) groups excluding carboxylic acids is 1. The Hall–Kier alpha value is -2.53. The monoisotopic (exact) mass is 327 g/mol. The van der Waals surface area contributed by atoms with E-state index in [1.165, 1.54) is 0 Å². The molecule has 0 aliphatic carbocycles. The topological polar surface area (TPSA) is 42.7 Å². The first-order valence-corrected chi connectivity index (χ1v) is 8.12. The SMILES string of the molecule is COc1cccc(C(=O)N(Cc2ccco2)Cc2cccs2)c1. The van der Waals surface area contributed by atoms with Gasteiger partial charge in [0.15, 0.2) is 0 Å². The van der Waals surface area contributed by atoms with Gasteiger partial charge in [-0.2, -0.15) is 0 Å². The summed E-state index contributed by atoms with van der Waals surface area (Å²) in [5, 5.41) is 2.01. The van der Waals surface area contributed by atoms with Gasteiger partial charge < -0.3 is 14.1 Å². The smallest absolute Gasteiger partial charge is 0.254 e. The van der Waals surface area contributed by atoms with Crippen LogP contribution in [0.2, 0.25) is 0 Å². The molecule has 0 aliphatic rings. The van der Waals surface area contributed by atoms with Gasteiger partial charge in [-0.05, 0) is 41.8 Å². The summed E-state index contributed by atoms with van der Waals surface area (Å²) < 4.78 is 10.6. The van der Waals surface area contributed by atoms with Crippen molar-refractivity contribution in [1.29, 1.82) is 0 Å². The molecule has 0 radical (unpaired) electrons. The predicted octanol–water partition coefficient (Wildman–Crippen LogP) is 4.19. The van der Waals surface area contributed by atoms with Crippen LogP contribution in [-0.2, 0) is 13.1 Å². The lowest BCUT2D eigenvalue weighted by Gasteiger charge is -2.21. The third kappa shape index (κ3) is 3.81. The van der Waals surface area contributed by atoms with Crippen LogP contribution in [0.5, 0.6) is 5.75 Å². The lowest BCUT2D eigenvalue weighted by Crippen LogP contribution is -2.29. The fraction of sp³-hybridized carbons (Fsp3) is 0.167. The van der Waals surface area contributed by atoms with E-state index in [1.54, 1.807) is 41.7 Å². The molecular formula is C18H17NO3S.